The van der Waals surface area contributed by atoms with Crippen molar-refractivity contribution in [1.29, 1.82) is 0 Å². The Morgan fingerprint density at radius 1 is 1.13 bits per heavy atom. The van der Waals surface area contributed by atoms with Gasteiger partial charge in [0.05, 0.1) is 6.61 Å². The molecule has 0 radical (unpaired) electrons. The van der Waals surface area contributed by atoms with Crippen LogP contribution in [0.1, 0.15) is 58.3 Å². The maximum atomic E-state index is 5.48. The average Bonchev–Trinajstić information content (AvgIpc) is 3.07. The maximum Gasteiger partial charge on any atom is 0.193 e. The molecule has 1 saturated carbocycles. The molecule has 2 fully saturated rings. The van der Waals surface area contributed by atoms with Gasteiger partial charge in [0, 0.05) is 39.7 Å². The van der Waals surface area contributed by atoms with Crippen molar-refractivity contribution < 1.29 is 4.74 Å². The van der Waals surface area contributed by atoms with Crippen LogP contribution in [0.5, 0.6) is 0 Å². The normalized spacial score (nSPS) is 28.8. The second-order valence-electron chi connectivity index (χ2n) is 7.57. The lowest BCUT2D eigenvalue weighted by Gasteiger charge is -2.30. The van der Waals surface area contributed by atoms with Crippen molar-refractivity contribution in [3.63, 3.8) is 0 Å². The van der Waals surface area contributed by atoms with Gasteiger partial charge in [0.25, 0.3) is 0 Å². The molecule has 4 heteroatoms. The van der Waals surface area contributed by atoms with E-state index in [1.807, 2.05) is 7.05 Å². The summed E-state index contributed by atoms with van der Waals surface area (Å²) in [4.78, 5) is 6.73. The third kappa shape index (κ3) is 6.33. The van der Waals surface area contributed by atoms with Crippen LogP contribution in [-0.2, 0) is 4.74 Å². The molecule has 1 atom stereocenters. The van der Waals surface area contributed by atoms with E-state index in [1.54, 1.807) is 0 Å². The maximum absolute atomic E-state index is 5.48. The zero-order chi connectivity index (χ0) is 16.5. The van der Waals surface area contributed by atoms with Crippen LogP contribution in [0.15, 0.2) is 4.99 Å². The quantitative estimate of drug-likeness (QED) is 0.575. The molecule has 2 aliphatic rings. The van der Waals surface area contributed by atoms with Gasteiger partial charge in [-0.1, -0.05) is 39.0 Å². The molecule has 4 nitrogen and oxygen atoms in total. The van der Waals surface area contributed by atoms with Gasteiger partial charge in [-0.25, -0.2) is 0 Å². The Bertz CT molecular complexity index is 345. The summed E-state index contributed by atoms with van der Waals surface area (Å²) in [6, 6.07) is 0. The fourth-order valence-electron chi connectivity index (χ4n) is 4.04. The standard InChI is InChI=1S/C19H37N3O/c1-4-5-6-16-7-9-17(10-8-16)13-21-19(20-2)22(3)14-18-11-12-23-15-18/h16-18H,4-15H2,1-3H3,(H,20,21). The first-order valence-electron chi connectivity index (χ1n) is 9.72. The summed E-state index contributed by atoms with van der Waals surface area (Å²) in [6.07, 6.45) is 11.0. The molecule has 0 amide bonds. The highest BCUT2D eigenvalue weighted by atomic mass is 16.5. The predicted octanol–water partition coefficient (Wildman–Crippen LogP) is 3.53. The Labute approximate surface area is 143 Å². The van der Waals surface area contributed by atoms with Crippen molar-refractivity contribution in [1.82, 2.24) is 10.2 Å². The monoisotopic (exact) mass is 323 g/mol. The molecule has 0 aromatic carbocycles. The third-order valence-electron chi connectivity index (χ3n) is 5.61. The minimum absolute atomic E-state index is 0.660. The summed E-state index contributed by atoms with van der Waals surface area (Å²) in [5.74, 6) is 3.53. The van der Waals surface area contributed by atoms with Crippen LogP contribution >= 0.6 is 0 Å². The van der Waals surface area contributed by atoms with Gasteiger partial charge >= 0.3 is 0 Å². The minimum atomic E-state index is 0.660. The van der Waals surface area contributed by atoms with E-state index in [0.717, 1.165) is 44.1 Å². The van der Waals surface area contributed by atoms with E-state index in [4.69, 9.17) is 4.74 Å². The number of rotatable bonds is 7. The van der Waals surface area contributed by atoms with E-state index in [1.165, 1.54) is 51.4 Å². The lowest BCUT2D eigenvalue weighted by atomic mass is 9.80. The molecule has 134 valence electrons. The fourth-order valence-corrected chi connectivity index (χ4v) is 4.04. The number of guanidine groups is 1. The van der Waals surface area contributed by atoms with Crippen molar-refractivity contribution in [3.8, 4) is 0 Å². The van der Waals surface area contributed by atoms with Gasteiger partial charge in [-0.15, -0.1) is 0 Å². The summed E-state index contributed by atoms with van der Waals surface area (Å²) in [5.41, 5.74) is 0. The number of ether oxygens (including phenoxy) is 1. The van der Waals surface area contributed by atoms with Crippen LogP contribution in [0.25, 0.3) is 0 Å². The van der Waals surface area contributed by atoms with E-state index in [-0.39, 0.29) is 0 Å². The summed E-state index contributed by atoms with van der Waals surface area (Å²) in [6.45, 7) is 6.26. The Morgan fingerprint density at radius 3 is 2.48 bits per heavy atom. The fraction of sp³-hybridized carbons (Fsp3) is 0.947. The van der Waals surface area contributed by atoms with E-state index >= 15 is 0 Å². The Hall–Kier alpha value is -0.770. The molecule has 0 aromatic heterocycles. The van der Waals surface area contributed by atoms with Gasteiger partial charge in [-0.3, -0.25) is 4.99 Å². The van der Waals surface area contributed by atoms with Gasteiger partial charge in [0.2, 0.25) is 0 Å². The van der Waals surface area contributed by atoms with E-state index < -0.39 is 0 Å². The second-order valence-corrected chi connectivity index (χ2v) is 7.57. The summed E-state index contributed by atoms with van der Waals surface area (Å²) < 4.78 is 5.48. The Balaban J connectivity index is 1.65. The first-order chi connectivity index (χ1) is 11.2. The molecule has 23 heavy (non-hydrogen) atoms. The Morgan fingerprint density at radius 2 is 1.87 bits per heavy atom. The van der Waals surface area contributed by atoms with Gasteiger partial charge in [-0.2, -0.15) is 0 Å². The number of aliphatic imine (C=N–C) groups is 1. The summed E-state index contributed by atoms with van der Waals surface area (Å²) in [5, 5.41) is 3.61. The van der Waals surface area contributed by atoms with Crippen LogP contribution in [0, 0.1) is 17.8 Å². The number of unbranched alkanes of at least 4 members (excludes halogenated alkanes) is 1. The van der Waals surface area contributed by atoms with Crippen molar-refractivity contribution in [2.24, 2.45) is 22.7 Å². The van der Waals surface area contributed by atoms with Crippen LogP contribution < -0.4 is 5.32 Å². The molecule has 1 N–H and O–H groups in total. The van der Waals surface area contributed by atoms with Crippen molar-refractivity contribution in [2.45, 2.75) is 58.3 Å². The molecule has 1 aliphatic carbocycles. The SMILES string of the molecule is CCCCC1CCC(CNC(=NC)N(C)CC2CCOC2)CC1. The van der Waals surface area contributed by atoms with Crippen molar-refractivity contribution in [3.05, 3.63) is 0 Å². The number of hydrogen-bond donors (Lipinski definition) is 1. The van der Waals surface area contributed by atoms with Gasteiger partial charge in [0.15, 0.2) is 5.96 Å². The summed E-state index contributed by atoms with van der Waals surface area (Å²) >= 11 is 0. The molecule has 0 aromatic rings. The molecule has 0 spiro atoms. The van der Waals surface area contributed by atoms with Gasteiger partial charge < -0.3 is 15.0 Å². The first kappa shape index (κ1) is 18.6. The molecule has 1 aliphatic heterocycles. The van der Waals surface area contributed by atoms with Gasteiger partial charge in [0.1, 0.15) is 0 Å². The highest BCUT2D eigenvalue weighted by molar-refractivity contribution is 5.79. The number of hydrogen-bond acceptors (Lipinski definition) is 2. The van der Waals surface area contributed by atoms with Crippen LogP contribution in [-0.4, -0.2) is 51.3 Å². The summed E-state index contributed by atoms with van der Waals surface area (Å²) in [7, 11) is 4.04. The molecule has 2 rings (SSSR count). The number of nitrogens with zero attached hydrogens (tertiary/aromatic N) is 2. The lowest BCUT2D eigenvalue weighted by Crippen LogP contribution is -2.43. The van der Waals surface area contributed by atoms with E-state index in [2.05, 4.69) is 29.2 Å². The number of nitrogens with one attached hydrogen (secondary N) is 1. The highest BCUT2D eigenvalue weighted by Crippen LogP contribution is 2.31. The van der Waals surface area contributed by atoms with Crippen molar-refractivity contribution in [2.75, 3.05) is 40.4 Å². The second kappa shape index (κ2) is 10.2. The average molecular weight is 324 g/mol. The predicted molar refractivity (Wildman–Crippen MR) is 97.9 cm³/mol. The van der Waals surface area contributed by atoms with Crippen molar-refractivity contribution >= 4 is 5.96 Å². The van der Waals surface area contributed by atoms with Crippen LogP contribution in [0.3, 0.4) is 0 Å². The zero-order valence-corrected chi connectivity index (χ0v) is 15.5. The smallest absolute Gasteiger partial charge is 0.193 e. The Kier molecular flexibility index (Phi) is 8.21. The van der Waals surface area contributed by atoms with Crippen LogP contribution in [0.4, 0.5) is 0 Å². The lowest BCUT2D eigenvalue weighted by molar-refractivity contribution is 0.181. The molecule has 1 unspecified atom stereocenters. The topological polar surface area (TPSA) is 36.9 Å². The molecule has 1 heterocycles. The van der Waals surface area contributed by atoms with Gasteiger partial charge in [-0.05, 0) is 31.1 Å². The molecular weight excluding hydrogens is 286 g/mol. The van der Waals surface area contributed by atoms with E-state index in [9.17, 15) is 0 Å². The minimum Gasteiger partial charge on any atom is -0.381 e. The highest BCUT2D eigenvalue weighted by Gasteiger charge is 2.22. The third-order valence-corrected chi connectivity index (χ3v) is 5.61. The van der Waals surface area contributed by atoms with Crippen LogP contribution in [0.2, 0.25) is 0 Å². The van der Waals surface area contributed by atoms with E-state index in [0.29, 0.717) is 5.92 Å². The molecule has 1 saturated heterocycles. The molecular formula is C19H37N3O. The largest absolute Gasteiger partial charge is 0.381 e. The zero-order valence-electron chi connectivity index (χ0n) is 15.5. The molecule has 0 bridgehead atoms. The first-order valence-corrected chi connectivity index (χ1v) is 9.72.